The first-order valence-corrected chi connectivity index (χ1v) is 11.3. The van der Waals surface area contributed by atoms with Gasteiger partial charge < -0.3 is 23.9 Å². The summed E-state index contributed by atoms with van der Waals surface area (Å²) in [6.07, 6.45) is 0.668. The normalized spacial score (nSPS) is 17.6. The number of aromatic nitrogens is 1. The maximum absolute atomic E-state index is 9.83. The highest BCUT2D eigenvalue weighted by atomic mass is 35.5. The molecule has 4 rings (SSSR count). The number of ether oxygens (including phenoxy) is 3. The highest BCUT2D eigenvalue weighted by Gasteiger charge is 2.33. The first kappa shape index (κ1) is 22.7. The van der Waals surface area contributed by atoms with Crippen molar-refractivity contribution in [3.63, 3.8) is 0 Å². The number of methoxy groups -OCH3 is 2. The number of benzene rings is 2. The van der Waals surface area contributed by atoms with Crippen LogP contribution in [0.5, 0.6) is 11.5 Å². The lowest BCUT2D eigenvalue weighted by Crippen LogP contribution is -2.13. The summed E-state index contributed by atoms with van der Waals surface area (Å²) in [6, 6.07) is 16.0. The summed E-state index contributed by atoms with van der Waals surface area (Å²) >= 11 is 6.48. The van der Waals surface area contributed by atoms with Gasteiger partial charge in [0.1, 0.15) is 12.2 Å². The SMILES string of the molecule is COc1cccc([C@@H]2O[C@@H](CCO)c3ccc(CC(C)C)n3-c3ccc(Cl)cc32)c1OC. The second kappa shape index (κ2) is 9.57. The molecule has 0 fully saturated rings. The number of aliphatic hydroxyl groups excluding tert-OH is 1. The molecule has 0 saturated carbocycles. The van der Waals surface area contributed by atoms with Crippen LogP contribution in [0.4, 0.5) is 0 Å². The summed E-state index contributed by atoms with van der Waals surface area (Å²) in [6.45, 7) is 4.45. The Morgan fingerprint density at radius 1 is 1.06 bits per heavy atom. The van der Waals surface area contributed by atoms with Crippen molar-refractivity contribution < 1.29 is 19.3 Å². The van der Waals surface area contributed by atoms with Gasteiger partial charge >= 0.3 is 0 Å². The third-order valence-electron chi connectivity index (χ3n) is 5.86. The second-order valence-corrected chi connectivity index (χ2v) is 8.92. The number of rotatable bonds is 7. The van der Waals surface area contributed by atoms with E-state index in [-0.39, 0.29) is 12.7 Å². The van der Waals surface area contributed by atoms with E-state index < -0.39 is 6.10 Å². The summed E-state index contributed by atoms with van der Waals surface area (Å²) in [5, 5.41) is 10.5. The number of hydrogen-bond donors (Lipinski definition) is 1. The average Bonchev–Trinajstić information content (AvgIpc) is 3.12. The lowest BCUT2D eigenvalue weighted by atomic mass is 9.98. The fourth-order valence-corrected chi connectivity index (χ4v) is 4.74. The molecule has 1 aliphatic rings. The quantitative estimate of drug-likeness (QED) is 0.482. The molecule has 0 bridgehead atoms. The largest absolute Gasteiger partial charge is 0.493 e. The van der Waals surface area contributed by atoms with Crippen molar-refractivity contribution in [3.05, 3.63) is 76.1 Å². The Balaban J connectivity index is 1.98. The Morgan fingerprint density at radius 3 is 2.56 bits per heavy atom. The van der Waals surface area contributed by atoms with E-state index in [4.69, 9.17) is 25.8 Å². The summed E-state index contributed by atoms with van der Waals surface area (Å²) in [4.78, 5) is 0. The fourth-order valence-electron chi connectivity index (χ4n) is 4.56. The van der Waals surface area contributed by atoms with Gasteiger partial charge in [0.2, 0.25) is 0 Å². The zero-order valence-corrected chi connectivity index (χ0v) is 19.7. The lowest BCUT2D eigenvalue weighted by molar-refractivity contribution is -0.00727. The second-order valence-electron chi connectivity index (χ2n) is 8.49. The topological polar surface area (TPSA) is 52.8 Å². The lowest BCUT2D eigenvalue weighted by Gasteiger charge is -2.25. The fraction of sp³-hybridized carbons (Fsp3) is 0.385. The van der Waals surface area contributed by atoms with Crippen molar-refractivity contribution in [1.82, 2.24) is 4.57 Å². The molecule has 1 aromatic heterocycles. The van der Waals surface area contributed by atoms with Crippen molar-refractivity contribution in [3.8, 4) is 17.2 Å². The molecule has 2 heterocycles. The zero-order valence-electron chi connectivity index (χ0n) is 19.0. The minimum atomic E-state index is -0.447. The smallest absolute Gasteiger partial charge is 0.166 e. The predicted octanol–water partition coefficient (Wildman–Crippen LogP) is 5.89. The molecule has 0 amide bonds. The molecule has 3 aromatic rings. The zero-order chi connectivity index (χ0) is 22.8. The van der Waals surface area contributed by atoms with E-state index in [2.05, 4.69) is 36.6 Å². The summed E-state index contributed by atoms with van der Waals surface area (Å²) < 4.78 is 20.3. The van der Waals surface area contributed by atoms with E-state index in [9.17, 15) is 5.11 Å². The number of nitrogens with zero attached hydrogens (tertiary/aromatic N) is 1. The number of aliphatic hydroxyl groups is 1. The van der Waals surface area contributed by atoms with E-state index in [0.29, 0.717) is 28.9 Å². The van der Waals surface area contributed by atoms with Crippen LogP contribution >= 0.6 is 11.6 Å². The Hall–Kier alpha value is -2.47. The number of fused-ring (bicyclic) bond motifs is 3. The van der Waals surface area contributed by atoms with Gasteiger partial charge in [-0.25, -0.2) is 0 Å². The van der Waals surface area contributed by atoms with Crippen LogP contribution in [0.25, 0.3) is 5.69 Å². The van der Waals surface area contributed by atoms with Gasteiger partial charge in [0, 0.05) is 34.9 Å². The Labute approximate surface area is 194 Å². The van der Waals surface area contributed by atoms with Gasteiger partial charge in [-0.2, -0.15) is 0 Å². The molecule has 0 spiro atoms. The number of para-hydroxylation sites is 1. The molecule has 5 nitrogen and oxygen atoms in total. The Bertz CT molecular complexity index is 1090. The van der Waals surface area contributed by atoms with Crippen molar-refractivity contribution in [1.29, 1.82) is 0 Å². The third kappa shape index (κ3) is 4.13. The molecule has 32 heavy (non-hydrogen) atoms. The maximum Gasteiger partial charge on any atom is 0.166 e. The van der Waals surface area contributed by atoms with Crippen LogP contribution in [-0.4, -0.2) is 30.5 Å². The molecule has 170 valence electrons. The van der Waals surface area contributed by atoms with Crippen molar-refractivity contribution in [2.24, 2.45) is 5.92 Å². The molecule has 1 aliphatic heterocycles. The van der Waals surface area contributed by atoms with Crippen LogP contribution in [-0.2, 0) is 11.2 Å². The van der Waals surface area contributed by atoms with Crippen molar-refractivity contribution in [2.75, 3.05) is 20.8 Å². The van der Waals surface area contributed by atoms with Gasteiger partial charge in [0.25, 0.3) is 0 Å². The van der Waals surface area contributed by atoms with Gasteiger partial charge in [-0.15, -0.1) is 0 Å². The van der Waals surface area contributed by atoms with Gasteiger partial charge in [-0.05, 0) is 48.7 Å². The summed E-state index contributed by atoms with van der Waals surface area (Å²) in [7, 11) is 3.26. The van der Waals surface area contributed by atoms with Crippen LogP contribution in [0.15, 0.2) is 48.5 Å². The molecular weight excluding hydrogens is 426 g/mol. The van der Waals surface area contributed by atoms with Gasteiger partial charge in [0.05, 0.1) is 25.6 Å². The van der Waals surface area contributed by atoms with E-state index >= 15 is 0 Å². The number of hydrogen-bond acceptors (Lipinski definition) is 4. The molecule has 2 atom stereocenters. The molecule has 1 N–H and O–H groups in total. The van der Waals surface area contributed by atoms with E-state index in [1.807, 2.05) is 30.3 Å². The predicted molar refractivity (Wildman–Crippen MR) is 126 cm³/mol. The van der Waals surface area contributed by atoms with Crippen molar-refractivity contribution in [2.45, 2.75) is 38.9 Å². The minimum Gasteiger partial charge on any atom is -0.493 e. The van der Waals surface area contributed by atoms with Gasteiger partial charge in [-0.3, -0.25) is 0 Å². The third-order valence-corrected chi connectivity index (χ3v) is 6.09. The van der Waals surface area contributed by atoms with Crippen LogP contribution in [0.1, 0.15) is 55.0 Å². The molecular formula is C26H30ClNO4. The Kier molecular flexibility index (Phi) is 6.79. The molecule has 0 aliphatic carbocycles. The summed E-state index contributed by atoms with van der Waals surface area (Å²) in [5.74, 6) is 1.77. The standard InChI is InChI=1S/C26H30ClNO4/c1-16(2)14-18-9-11-22-23(12-13-29)32-25(19-6-5-7-24(30-3)26(19)31-4)20-15-17(27)8-10-21(20)28(18)22/h5-11,15-16,23,25,29H,12-14H2,1-4H3/t23-,25-/m0/s1. The molecule has 2 aromatic carbocycles. The highest BCUT2D eigenvalue weighted by Crippen LogP contribution is 2.47. The molecule has 0 saturated heterocycles. The van der Waals surface area contributed by atoms with Crippen LogP contribution in [0.2, 0.25) is 5.02 Å². The minimum absolute atomic E-state index is 0.0222. The van der Waals surface area contributed by atoms with E-state index in [1.54, 1.807) is 14.2 Å². The average molecular weight is 456 g/mol. The van der Waals surface area contributed by atoms with Crippen LogP contribution < -0.4 is 9.47 Å². The summed E-state index contributed by atoms with van der Waals surface area (Å²) in [5.41, 5.74) is 5.08. The molecule has 0 radical (unpaired) electrons. The van der Waals surface area contributed by atoms with Crippen molar-refractivity contribution >= 4 is 11.6 Å². The van der Waals surface area contributed by atoms with E-state index in [1.165, 1.54) is 5.69 Å². The maximum atomic E-state index is 9.83. The Morgan fingerprint density at radius 2 is 1.88 bits per heavy atom. The monoisotopic (exact) mass is 455 g/mol. The highest BCUT2D eigenvalue weighted by molar-refractivity contribution is 6.30. The van der Waals surface area contributed by atoms with Gasteiger partial charge in [0.15, 0.2) is 11.5 Å². The van der Waals surface area contributed by atoms with Crippen LogP contribution in [0, 0.1) is 5.92 Å². The van der Waals surface area contributed by atoms with Crippen LogP contribution in [0.3, 0.4) is 0 Å². The van der Waals surface area contributed by atoms with Gasteiger partial charge in [-0.1, -0.05) is 37.6 Å². The number of halogens is 1. The first-order chi connectivity index (χ1) is 15.5. The van der Waals surface area contributed by atoms with E-state index in [0.717, 1.165) is 28.9 Å². The molecule has 6 heteroatoms. The molecule has 0 unspecified atom stereocenters. The first-order valence-electron chi connectivity index (χ1n) is 11.0.